The summed E-state index contributed by atoms with van der Waals surface area (Å²) in [5.41, 5.74) is 1.12. The number of carbonyl (C=O) groups excluding carboxylic acids is 3. The van der Waals surface area contributed by atoms with E-state index < -0.39 is 6.04 Å². The molecule has 3 amide bonds. The Hall–Kier alpha value is -2.61. The second-order valence-corrected chi connectivity index (χ2v) is 7.49. The predicted molar refractivity (Wildman–Crippen MR) is 108 cm³/mol. The van der Waals surface area contributed by atoms with Crippen LogP contribution in [0.3, 0.4) is 0 Å². The van der Waals surface area contributed by atoms with Crippen LogP contribution in [0.25, 0.3) is 0 Å². The van der Waals surface area contributed by atoms with Gasteiger partial charge < -0.3 is 20.3 Å². The van der Waals surface area contributed by atoms with E-state index in [4.69, 9.17) is 4.74 Å². The number of hydrogen-bond donors (Lipinski definition) is 2. The summed E-state index contributed by atoms with van der Waals surface area (Å²) in [5, 5.41) is 5.91. The second-order valence-electron chi connectivity index (χ2n) is 7.49. The van der Waals surface area contributed by atoms with Crippen LogP contribution in [0.1, 0.15) is 31.7 Å². The van der Waals surface area contributed by atoms with Crippen molar-refractivity contribution >= 4 is 17.9 Å². The number of likely N-dealkylation sites (tertiary alicyclic amines) is 1. The number of piperazine rings is 1. The number of nitrogens with one attached hydrogen (secondary N) is 2. The first-order valence-electron chi connectivity index (χ1n) is 10.3. The van der Waals surface area contributed by atoms with Crippen LogP contribution in [0.4, 0.5) is 4.79 Å². The molecule has 2 N–H and O–H groups in total. The highest BCUT2D eigenvalue weighted by molar-refractivity contribution is 5.89. The van der Waals surface area contributed by atoms with Gasteiger partial charge in [0.2, 0.25) is 11.8 Å². The number of benzene rings is 1. The van der Waals surface area contributed by atoms with E-state index in [2.05, 4.69) is 15.5 Å². The zero-order valence-electron chi connectivity index (χ0n) is 16.9. The van der Waals surface area contributed by atoms with E-state index in [0.717, 1.165) is 12.1 Å². The third-order valence-electron chi connectivity index (χ3n) is 5.43. The highest BCUT2D eigenvalue weighted by atomic mass is 16.6. The van der Waals surface area contributed by atoms with Crippen LogP contribution in [0.5, 0.6) is 0 Å². The molecule has 0 saturated carbocycles. The van der Waals surface area contributed by atoms with Crippen LogP contribution in [0.2, 0.25) is 0 Å². The summed E-state index contributed by atoms with van der Waals surface area (Å²) < 4.78 is 5.02. The Kier molecular flexibility index (Phi) is 7.46. The van der Waals surface area contributed by atoms with Gasteiger partial charge in [0.05, 0.1) is 19.1 Å². The van der Waals surface area contributed by atoms with E-state index in [0.29, 0.717) is 45.6 Å². The maximum Gasteiger partial charge on any atom is 0.409 e. The first-order valence-corrected chi connectivity index (χ1v) is 10.3. The zero-order valence-corrected chi connectivity index (χ0v) is 16.9. The van der Waals surface area contributed by atoms with Crippen LogP contribution >= 0.6 is 0 Å². The lowest BCUT2D eigenvalue weighted by atomic mass is 10.0. The van der Waals surface area contributed by atoms with Crippen molar-refractivity contribution in [1.82, 2.24) is 20.4 Å². The first-order chi connectivity index (χ1) is 14.1. The van der Waals surface area contributed by atoms with E-state index >= 15 is 0 Å². The zero-order chi connectivity index (χ0) is 20.6. The van der Waals surface area contributed by atoms with Gasteiger partial charge in [0.15, 0.2) is 0 Å². The van der Waals surface area contributed by atoms with Gasteiger partial charge in [-0.05, 0) is 25.3 Å². The molecule has 2 aliphatic rings. The Morgan fingerprint density at radius 1 is 1.17 bits per heavy atom. The summed E-state index contributed by atoms with van der Waals surface area (Å²) in [6, 6.07) is 9.52. The largest absolute Gasteiger partial charge is 0.450 e. The molecule has 3 rings (SSSR count). The van der Waals surface area contributed by atoms with E-state index in [9.17, 15) is 14.4 Å². The molecule has 0 spiro atoms. The Morgan fingerprint density at radius 3 is 2.59 bits per heavy atom. The molecular weight excluding hydrogens is 372 g/mol. The number of piperidine rings is 1. The lowest BCUT2D eigenvalue weighted by Gasteiger charge is -2.35. The number of ether oxygens (including phenoxy) is 1. The first kappa shape index (κ1) is 21.1. The quantitative estimate of drug-likeness (QED) is 0.744. The summed E-state index contributed by atoms with van der Waals surface area (Å²) in [6.45, 7) is 5.23. The molecule has 8 heteroatoms. The molecule has 0 aromatic heterocycles. The molecule has 1 aromatic carbocycles. The number of carbonyl (C=O) groups is 3. The molecule has 158 valence electrons. The van der Waals surface area contributed by atoms with Crippen LogP contribution < -0.4 is 10.6 Å². The molecule has 0 aliphatic carbocycles. The molecule has 1 atom stereocenters. The van der Waals surface area contributed by atoms with Gasteiger partial charge in [-0.3, -0.25) is 14.5 Å². The van der Waals surface area contributed by atoms with Crippen molar-refractivity contribution in [3.63, 3.8) is 0 Å². The third kappa shape index (κ3) is 5.93. The molecule has 2 aliphatic heterocycles. The Morgan fingerprint density at radius 2 is 1.90 bits per heavy atom. The highest BCUT2D eigenvalue weighted by Gasteiger charge is 2.32. The van der Waals surface area contributed by atoms with Gasteiger partial charge in [-0.1, -0.05) is 30.3 Å². The van der Waals surface area contributed by atoms with Crippen LogP contribution in [0.15, 0.2) is 30.3 Å². The minimum atomic E-state index is -0.469. The van der Waals surface area contributed by atoms with Gasteiger partial charge in [-0.25, -0.2) is 4.79 Å². The fourth-order valence-electron chi connectivity index (χ4n) is 3.87. The van der Waals surface area contributed by atoms with Crippen molar-refractivity contribution in [3.8, 4) is 0 Å². The van der Waals surface area contributed by atoms with Crippen molar-refractivity contribution in [2.45, 2.75) is 44.8 Å². The van der Waals surface area contributed by atoms with E-state index in [1.165, 1.54) is 0 Å². The monoisotopic (exact) mass is 402 g/mol. The molecular formula is C21H30N4O4. The summed E-state index contributed by atoms with van der Waals surface area (Å²) in [6.07, 6.45) is 1.22. The van der Waals surface area contributed by atoms with Gasteiger partial charge >= 0.3 is 6.09 Å². The van der Waals surface area contributed by atoms with Crippen molar-refractivity contribution in [2.24, 2.45) is 0 Å². The van der Waals surface area contributed by atoms with Gasteiger partial charge in [-0.2, -0.15) is 0 Å². The van der Waals surface area contributed by atoms with Crippen LogP contribution in [0, 0.1) is 0 Å². The van der Waals surface area contributed by atoms with E-state index in [-0.39, 0.29) is 30.4 Å². The Balaban J connectivity index is 1.50. The van der Waals surface area contributed by atoms with Crippen molar-refractivity contribution in [2.75, 3.05) is 32.8 Å². The summed E-state index contributed by atoms with van der Waals surface area (Å²) in [5.74, 6) is -0.223. The molecule has 0 bridgehead atoms. The van der Waals surface area contributed by atoms with Gasteiger partial charge in [0, 0.05) is 38.8 Å². The molecule has 29 heavy (non-hydrogen) atoms. The average Bonchev–Trinajstić information content (AvgIpc) is 2.72. The normalized spacial score (nSPS) is 20.8. The van der Waals surface area contributed by atoms with Crippen molar-refractivity contribution < 1.29 is 19.1 Å². The van der Waals surface area contributed by atoms with Crippen molar-refractivity contribution in [3.05, 3.63) is 35.9 Å². The average molecular weight is 402 g/mol. The number of rotatable bonds is 6. The minimum absolute atomic E-state index is 0.0161. The lowest BCUT2D eigenvalue weighted by molar-refractivity contribution is -0.134. The Bertz CT molecular complexity index is 704. The number of hydrogen-bond acceptors (Lipinski definition) is 5. The van der Waals surface area contributed by atoms with Gasteiger partial charge in [-0.15, -0.1) is 0 Å². The third-order valence-corrected chi connectivity index (χ3v) is 5.43. The van der Waals surface area contributed by atoms with Crippen LogP contribution in [-0.2, 0) is 20.9 Å². The molecule has 2 fully saturated rings. The standard InChI is InChI=1S/C21H30N4O4/c1-2-29-21(28)24-11-8-17(9-12-24)23-19(26)14-18-20(27)22-10-13-25(18)15-16-6-4-3-5-7-16/h3-7,17-18H,2,8-15H2,1H3,(H,22,27)(H,23,26)/t18-/m1/s1. The van der Waals surface area contributed by atoms with Gasteiger partial charge in [0.1, 0.15) is 0 Å². The predicted octanol–water partition coefficient (Wildman–Crippen LogP) is 1.11. The topological polar surface area (TPSA) is 91.0 Å². The van der Waals surface area contributed by atoms with Crippen LogP contribution in [-0.4, -0.2) is 72.6 Å². The number of nitrogens with zero attached hydrogens (tertiary/aromatic N) is 2. The molecule has 2 saturated heterocycles. The maximum absolute atomic E-state index is 12.6. The minimum Gasteiger partial charge on any atom is -0.450 e. The molecule has 0 unspecified atom stereocenters. The fourth-order valence-corrected chi connectivity index (χ4v) is 3.87. The highest BCUT2D eigenvalue weighted by Crippen LogP contribution is 2.16. The fraction of sp³-hybridized carbons (Fsp3) is 0.571. The summed E-state index contributed by atoms with van der Waals surface area (Å²) >= 11 is 0. The van der Waals surface area contributed by atoms with E-state index in [1.54, 1.807) is 11.8 Å². The molecule has 2 heterocycles. The molecule has 0 radical (unpaired) electrons. The lowest BCUT2D eigenvalue weighted by Crippen LogP contribution is -2.56. The van der Waals surface area contributed by atoms with Gasteiger partial charge in [0.25, 0.3) is 0 Å². The molecule has 1 aromatic rings. The molecule has 8 nitrogen and oxygen atoms in total. The maximum atomic E-state index is 12.6. The SMILES string of the molecule is CCOC(=O)N1CCC(NC(=O)C[C@@H]2C(=O)NCCN2Cc2ccccc2)CC1. The Labute approximate surface area is 171 Å². The van der Waals surface area contributed by atoms with Crippen molar-refractivity contribution in [1.29, 1.82) is 0 Å². The number of amides is 3. The van der Waals surface area contributed by atoms with E-state index in [1.807, 2.05) is 30.3 Å². The second kappa shape index (κ2) is 10.2. The summed E-state index contributed by atoms with van der Waals surface area (Å²) in [7, 11) is 0. The smallest absolute Gasteiger partial charge is 0.409 e. The summed E-state index contributed by atoms with van der Waals surface area (Å²) in [4.78, 5) is 40.5.